The highest BCUT2D eigenvalue weighted by molar-refractivity contribution is 7.89. The number of nitrogens with zero attached hydrogens (tertiary/aromatic N) is 1. The molecule has 1 heterocycles. The summed E-state index contributed by atoms with van der Waals surface area (Å²) in [7, 11) is -3.70. The molecule has 1 saturated heterocycles. The summed E-state index contributed by atoms with van der Waals surface area (Å²) in [5.74, 6) is -0.213. The van der Waals surface area contributed by atoms with Crippen molar-refractivity contribution in [2.75, 3.05) is 11.4 Å². The summed E-state index contributed by atoms with van der Waals surface area (Å²) in [4.78, 5) is 14.3. The number of hydrogen-bond donors (Lipinski definition) is 1. The van der Waals surface area contributed by atoms with Gasteiger partial charge in [0.15, 0.2) is 0 Å². The average molecular weight is 344 g/mol. The van der Waals surface area contributed by atoms with E-state index in [-0.39, 0.29) is 10.8 Å². The van der Waals surface area contributed by atoms with E-state index in [9.17, 15) is 13.2 Å². The number of nitrogens with one attached hydrogen (secondary N) is 1. The number of rotatable bonds is 5. The Morgan fingerprint density at radius 2 is 1.75 bits per heavy atom. The van der Waals surface area contributed by atoms with Crippen LogP contribution in [-0.4, -0.2) is 26.9 Å². The standard InChI is InChI=1S/C18H20N2O3S/c1-2-14-8-10-16(11-9-14)24(22,23)19-17-12-13-20(18(17)21)15-6-4-3-5-7-15/h3-11,17,19H,2,12-13H2,1H3. The first-order valence-electron chi connectivity index (χ1n) is 7.99. The van der Waals surface area contributed by atoms with Crippen molar-refractivity contribution >= 4 is 21.6 Å². The summed E-state index contributed by atoms with van der Waals surface area (Å²) in [6, 6.07) is 15.3. The molecule has 24 heavy (non-hydrogen) atoms. The van der Waals surface area contributed by atoms with E-state index in [0.717, 1.165) is 17.7 Å². The van der Waals surface area contributed by atoms with Crippen molar-refractivity contribution in [3.63, 3.8) is 0 Å². The number of sulfonamides is 1. The Morgan fingerprint density at radius 1 is 1.08 bits per heavy atom. The van der Waals surface area contributed by atoms with E-state index >= 15 is 0 Å². The molecule has 2 aromatic carbocycles. The third-order valence-corrected chi connectivity index (χ3v) is 5.70. The molecule has 0 bridgehead atoms. The normalized spacial score (nSPS) is 18.1. The van der Waals surface area contributed by atoms with Crippen molar-refractivity contribution in [2.24, 2.45) is 0 Å². The zero-order valence-electron chi connectivity index (χ0n) is 13.5. The molecule has 3 rings (SSSR count). The van der Waals surface area contributed by atoms with Crippen LogP contribution < -0.4 is 9.62 Å². The Bertz CT molecular complexity index is 817. The van der Waals surface area contributed by atoms with Crippen molar-refractivity contribution in [3.8, 4) is 0 Å². The number of para-hydroxylation sites is 1. The van der Waals surface area contributed by atoms with Crippen LogP contribution in [0.1, 0.15) is 18.9 Å². The summed E-state index contributed by atoms with van der Waals surface area (Å²) in [5, 5.41) is 0. The molecular weight excluding hydrogens is 324 g/mol. The Kier molecular flexibility index (Phi) is 4.69. The van der Waals surface area contributed by atoms with Crippen LogP contribution in [0.15, 0.2) is 59.5 Å². The number of amides is 1. The molecule has 126 valence electrons. The fourth-order valence-corrected chi connectivity index (χ4v) is 4.04. The number of aryl methyl sites for hydroxylation is 1. The second kappa shape index (κ2) is 6.75. The van der Waals surface area contributed by atoms with E-state index in [2.05, 4.69) is 4.72 Å². The number of anilines is 1. The quantitative estimate of drug-likeness (QED) is 0.905. The van der Waals surface area contributed by atoms with E-state index in [1.165, 1.54) is 0 Å². The van der Waals surface area contributed by atoms with Gasteiger partial charge in [-0.05, 0) is 42.7 Å². The van der Waals surface area contributed by atoms with Gasteiger partial charge < -0.3 is 4.90 Å². The summed E-state index contributed by atoms with van der Waals surface area (Å²) in [6.07, 6.45) is 1.31. The molecule has 1 amide bonds. The van der Waals surface area contributed by atoms with E-state index in [1.54, 1.807) is 29.2 Å². The Morgan fingerprint density at radius 3 is 2.38 bits per heavy atom. The Labute approximate surface area is 142 Å². The highest BCUT2D eigenvalue weighted by Crippen LogP contribution is 2.22. The summed E-state index contributed by atoms with van der Waals surface area (Å²) < 4.78 is 27.5. The fourth-order valence-electron chi connectivity index (χ4n) is 2.81. The first kappa shape index (κ1) is 16.7. The Balaban J connectivity index is 1.74. The first-order valence-corrected chi connectivity index (χ1v) is 9.47. The van der Waals surface area contributed by atoms with E-state index < -0.39 is 16.1 Å². The van der Waals surface area contributed by atoms with Crippen LogP contribution in [0.25, 0.3) is 0 Å². The van der Waals surface area contributed by atoms with Gasteiger partial charge in [-0.1, -0.05) is 37.3 Å². The maximum atomic E-state index is 12.5. The molecule has 1 N–H and O–H groups in total. The third-order valence-electron chi connectivity index (χ3n) is 4.21. The summed E-state index contributed by atoms with van der Waals surface area (Å²) in [6.45, 7) is 2.52. The molecule has 1 aliphatic rings. The lowest BCUT2D eigenvalue weighted by atomic mass is 10.2. The number of carbonyl (C=O) groups is 1. The van der Waals surface area contributed by atoms with Gasteiger partial charge in [0.1, 0.15) is 6.04 Å². The lowest BCUT2D eigenvalue weighted by Crippen LogP contribution is -2.41. The number of hydrogen-bond acceptors (Lipinski definition) is 3. The predicted molar refractivity (Wildman–Crippen MR) is 93.3 cm³/mol. The summed E-state index contributed by atoms with van der Waals surface area (Å²) in [5.41, 5.74) is 1.86. The minimum atomic E-state index is -3.70. The minimum Gasteiger partial charge on any atom is -0.311 e. The second-order valence-electron chi connectivity index (χ2n) is 5.79. The predicted octanol–water partition coefficient (Wildman–Crippen LogP) is 2.33. The molecule has 1 fully saturated rings. The van der Waals surface area contributed by atoms with Crippen LogP contribution in [0.4, 0.5) is 5.69 Å². The van der Waals surface area contributed by atoms with Crippen molar-refractivity contribution in [2.45, 2.75) is 30.7 Å². The molecule has 0 saturated carbocycles. The van der Waals surface area contributed by atoms with Gasteiger partial charge in [0.05, 0.1) is 4.90 Å². The largest absolute Gasteiger partial charge is 0.311 e. The molecule has 0 aliphatic carbocycles. The average Bonchev–Trinajstić information content (AvgIpc) is 2.96. The molecule has 1 atom stereocenters. The zero-order valence-corrected chi connectivity index (χ0v) is 14.3. The SMILES string of the molecule is CCc1ccc(S(=O)(=O)NC2CCN(c3ccccc3)C2=O)cc1. The molecule has 0 aromatic heterocycles. The maximum Gasteiger partial charge on any atom is 0.245 e. The highest BCUT2D eigenvalue weighted by Gasteiger charge is 2.35. The van der Waals surface area contributed by atoms with Crippen LogP contribution in [0, 0.1) is 0 Å². The Hall–Kier alpha value is -2.18. The molecule has 0 radical (unpaired) electrons. The van der Waals surface area contributed by atoms with E-state index in [1.807, 2.05) is 37.3 Å². The van der Waals surface area contributed by atoms with Gasteiger partial charge in [0.2, 0.25) is 15.9 Å². The van der Waals surface area contributed by atoms with Crippen LogP contribution >= 0.6 is 0 Å². The summed E-state index contributed by atoms with van der Waals surface area (Å²) >= 11 is 0. The molecule has 1 aliphatic heterocycles. The van der Waals surface area contributed by atoms with Crippen molar-refractivity contribution in [3.05, 3.63) is 60.2 Å². The van der Waals surface area contributed by atoms with Gasteiger partial charge >= 0.3 is 0 Å². The second-order valence-corrected chi connectivity index (χ2v) is 7.50. The number of carbonyl (C=O) groups excluding carboxylic acids is 1. The van der Waals surface area contributed by atoms with Gasteiger partial charge in [-0.3, -0.25) is 4.79 Å². The lowest BCUT2D eigenvalue weighted by Gasteiger charge is -2.17. The van der Waals surface area contributed by atoms with Gasteiger partial charge in [-0.15, -0.1) is 0 Å². The monoisotopic (exact) mass is 344 g/mol. The smallest absolute Gasteiger partial charge is 0.245 e. The number of benzene rings is 2. The molecular formula is C18H20N2O3S. The highest BCUT2D eigenvalue weighted by atomic mass is 32.2. The lowest BCUT2D eigenvalue weighted by molar-refractivity contribution is -0.118. The van der Waals surface area contributed by atoms with Crippen molar-refractivity contribution in [1.29, 1.82) is 0 Å². The van der Waals surface area contributed by atoms with Crippen LogP contribution in [0.2, 0.25) is 0 Å². The van der Waals surface area contributed by atoms with Crippen LogP contribution in [0.5, 0.6) is 0 Å². The fraction of sp³-hybridized carbons (Fsp3) is 0.278. The maximum absolute atomic E-state index is 12.5. The molecule has 5 nitrogen and oxygen atoms in total. The van der Waals surface area contributed by atoms with Gasteiger partial charge in [0, 0.05) is 12.2 Å². The van der Waals surface area contributed by atoms with Gasteiger partial charge in [-0.2, -0.15) is 4.72 Å². The van der Waals surface area contributed by atoms with Gasteiger partial charge in [-0.25, -0.2) is 8.42 Å². The first-order chi connectivity index (χ1) is 11.5. The van der Waals surface area contributed by atoms with Crippen molar-refractivity contribution in [1.82, 2.24) is 4.72 Å². The van der Waals surface area contributed by atoms with Crippen LogP contribution in [-0.2, 0) is 21.2 Å². The van der Waals surface area contributed by atoms with Crippen LogP contribution in [0.3, 0.4) is 0 Å². The third kappa shape index (κ3) is 3.34. The topological polar surface area (TPSA) is 66.5 Å². The minimum absolute atomic E-state index is 0.186. The van der Waals surface area contributed by atoms with Crippen molar-refractivity contribution < 1.29 is 13.2 Å². The van der Waals surface area contributed by atoms with Gasteiger partial charge in [0.25, 0.3) is 0 Å². The molecule has 2 aromatic rings. The molecule has 0 spiro atoms. The zero-order chi connectivity index (χ0) is 17.2. The molecule has 6 heteroatoms. The van der Waals surface area contributed by atoms with E-state index in [0.29, 0.717) is 13.0 Å². The van der Waals surface area contributed by atoms with E-state index in [4.69, 9.17) is 0 Å². The molecule has 1 unspecified atom stereocenters.